The maximum atomic E-state index is 13.3. The van der Waals surface area contributed by atoms with Gasteiger partial charge in [-0.25, -0.2) is 4.90 Å². The topological polar surface area (TPSA) is 80.5 Å². The second-order valence-electron chi connectivity index (χ2n) is 4.38. The average Bonchev–Trinajstić information content (AvgIpc) is 2.72. The second-order valence-corrected chi connectivity index (χ2v) is 4.38. The van der Waals surface area contributed by atoms with Crippen molar-refractivity contribution in [3.05, 3.63) is 69.5 Å². The fourth-order valence-corrected chi connectivity index (χ4v) is 2.20. The van der Waals surface area contributed by atoms with Gasteiger partial charge in [0.15, 0.2) is 0 Å². The lowest BCUT2D eigenvalue weighted by atomic mass is 10.1. The quantitative estimate of drug-likeness (QED) is 0.482. The molecule has 1 heterocycles. The van der Waals surface area contributed by atoms with E-state index in [1.54, 1.807) is 12.1 Å². The Morgan fingerprint density at radius 1 is 1.00 bits per heavy atom. The van der Waals surface area contributed by atoms with E-state index in [0.717, 1.165) is 23.1 Å². The van der Waals surface area contributed by atoms with Crippen molar-refractivity contribution in [1.82, 2.24) is 0 Å². The minimum atomic E-state index is -1.03. The molecule has 1 aliphatic rings. The summed E-state index contributed by atoms with van der Waals surface area (Å²) in [6.45, 7) is 0. The van der Waals surface area contributed by atoms with Crippen LogP contribution in [-0.4, -0.2) is 16.7 Å². The van der Waals surface area contributed by atoms with Crippen molar-refractivity contribution in [1.29, 1.82) is 0 Å². The van der Waals surface area contributed by atoms with Crippen LogP contribution < -0.4 is 4.90 Å². The number of carbonyl (C=O) groups is 2. The number of carbonyl (C=O) groups excluding carboxylic acids is 2. The molecule has 3 rings (SSSR count). The van der Waals surface area contributed by atoms with Crippen LogP contribution in [0.25, 0.3) is 0 Å². The Hall–Kier alpha value is -3.09. The third kappa shape index (κ3) is 1.86. The SMILES string of the molecule is O=C1c2ccccc2C(=O)N1c1ccc(F)c([N+](=O)[O-])c1. The van der Waals surface area contributed by atoms with Crippen LogP contribution in [0.15, 0.2) is 42.5 Å². The van der Waals surface area contributed by atoms with Gasteiger partial charge in [0.1, 0.15) is 0 Å². The summed E-state index contributed by atoms with van der Waals surface area (Å²) >= 11 is 0. The molecule has 0 saturated heterocycles. The van der Waals surface area contributed by atoms with Crippen molar-refractivity contribution in [3.63, 3.8) is 0 Å². The Morgan fingerprint density at radius 3 is 2.10 bits per heavy atom. The first kappa shape index (κ1) is 12.9. The van der Waals surface area contributed by atoms with Crippen LogP contribution in [0.3, 0.4) is 0 Å². The van der Waals surface area contributed by atoms with Gasteiger partial charge in [0.05, 0.1) is 21.7 Å². The zero-order valence-electron chi connectivity index (χ0n) is 10.4. The van der Waals surface area contributed by atoms with Gasteiger partial charge in [0, 0.05) is 6.07 Å². The Kier molecular flexibility index (Phi) is 2.76. The van der Waals surface area contributed by atoms with Gasteiger partial charge in [-0.2, -0.15) is 4.39 Å². The van der Waals surface area contributed by atoms with Gasteiger partial charge in [-0.1, -0.05) is 12.1 Å². The van der Waals surface area contributed by atoms with Crippen molar-refractivity contribution < 1.29 is 18.9 Å². The number of hydrogen-bond donors (Lipinski definition) is 0. The molecule has 0 N–H and O–H groups in total. The number of amides is 2. The van der Waals surface area contributed by atoms with E-state index >= 15 is 0 Å². The van der Waals surface area contributed by atoms with E-state index < -0.39 is 28.2 Å². The molecular weight excluding hydrogens is 279 g/mol. The standard InChI is InChI=1S/C14H7FN2O4/c15-11-6-5-8(7-12(11)17(20)21)16-13(18)9-3-1-2-4-10(9)14(16)19/h1-7H. The van der Waals surface area contributed by atoms with Crippen LogP contribution >= 0.6 is 0 Å². The fraction of sp³-hybridized carbons (Fsp3) is 0. The number of imide groups is 1. The molecule has 21 heavy (non-hydrogen) atoms. The number of nitrogens with zero attached hydrogens (tertiary/aromatic N) is 2. The minimum absolute atomic E-state index is 0.0331. The normalized spacial score (nSPS) is 13.5. The van der Waals surface area contributed by atoms with Gasteiger partial charge in [0.25, 0.3) is 11.8 Å². The van der Waals surface area contributed by atoms with Gasteiger partial charge in [-0.05, 0) is 24.3 Å². The molecule has 0 atom stereocenters. The summed E-state index contributed by atoms with van der Waals surface area (Å²) in [5.74, 6) is -2.20. The molecule has 0 fully saturated rings. The summed E-state index contributed by atoms with van der Waals surface area (Å²) in [5.41, 5.74) is -0.387. The molecule has 0 aliphatic carbocycles. The highest BCUT2D eigenvalue weighted by atomic mass is 19.1. The number of nitro groups is 1. The van der Waals surface area contributed by atoms with Crippen molar-refractivity contribution in [2.75, 3.05) is 4.90 Å². The summed E-state index contributed by atoms with van der Waals surface area (Å²) in [6, 6.07) is 9.10. The Bertz CT molecular complexity index is 768. The number of halogens is 1. The van der Waals surface area contributed by atoms with E-state index in [0.29, 0.717) is 0 Å². The molecule has 0 unspecified atom stereocenters. The first-order valence-electron chi connectivity index (χ1n) is 5.92. The first-order valence-corrected chi connectivity index (χ1v) is 5.92. The molecule has 2 aromatic rings. The van der Waals surface area contributed by atoms with Crippen LogP contribution in [0.4, 0.5) is 15.8 Å². The lowest BCUT2D eigenvalue weighted by Crippen LogP contribution is -2.29. The summed E-state index contributed by atoms with van der Waals surface area (Å²) in [7, 11) is 0. The highest BCUT2D eigenvalue weighted by Crippen LogP contribution is 2.31. The van der Waals surface area contributed by atoms with Crippen LogP contribution in [0, 0.1) is 15.9 Å². The number of rotatable bonds is 2. The van der Waals surface area contributed by atoms with E-state index in [2.05, 4.69) is 0 Å². The van der Waals surface area contributed by atoms with Crippen LogP contribution in [0.1, 0.15) is 20.7 Å². The molecule has 0 saturated carbocycles. The monoisotopic (exact) mass is 286 g/mol. The van der Waals surface area contributed by atoms with Crippen molar-refractivity contribution in [3.8, 4) is 0 Å². The van der Waals surface area contributed by atoms with Crippen LogP contribution in [-0.2, 0) is 0 Å². The van der Waals surface area contributed by atoms with E-state index in [4.69, 9.17) is 0 Å². The summed E-state index contributed by atoms with van der Waals surface area (Å²) in [6.07, 6.45) is 0. The largest absolute Gasteiger partial charge is 0.306 e. The van der Waals surface area contributed by atoms with Crippen molar-refractivity contribution >= 4 is 23.2 Å². The molecule has 0 aromatic heterocycles. The van der Waals surface area contributed by atoms with E-state index in [9.17, 15) is 24.1 Å². The predicted molar refractivity (Wildman–Crippen MR) is 70.6 cm³/mol. The first-order chi connectivity index (χ1) is 10.0. The maximum Gasteiger partial charge on any atom is 0.306 e. The van der Waals surface area contributed by atoms with Crippen molar-refractivity contribution in [2.45, 2.75) is 0 Å². The maximum absolute atomic E-state index is 13.3. The summed E-state index contributed by atoms with van der Waals surface area (Å²) < 4.78 is 13.3. The number of anilines is 1. The van der Waals surface area contributed by atoms with Crippen LogP contribution in [0.2, 0.25) is 0 Å². The van der Waals surface area contributed by atoms with Gasteiger partial charge >= 0.3 is 5.69 Å². The number of nitro benzene ring substituents is 1. The van der Waals surface area contributed by atoms with E-state index in [1.165, 1.54) is 12.1 Å². The Balaban J connectivity index is 2.11. The van der Waals surface area contributed by atoms with Crippen LogP contribution in [0.5, 0.6) is 0 Å². The Morgan fingerprint density at radius 2 is 1.57 bits per heavy atom. The van der Waals surface area contributed by atoms with Gasteiger partial charge < -0.3 is 0 Å². The molecule has 0 bridgehead atoms. The summed E-state index contributed by atoms with van der Waals surface area (Å²) in [5, 5.41) is 10.7. The average molecular weight is 286 g/mol. The highest BCUT2D eigenvalue weighted by molar-refractivity contribution is 6.34. The van der Waals surface area contributed by atoms with Gasteiger partial charge in [0.2, 0.25) is 5.82 Å². The molecule has 2 aromatic carbocycles. The third-order valence-corrected chi connectivity index (χ3v) is 3.18. The lowest BCUT2D eigenvalue weighted by Gasteiger charge is -2.13. The molecule has 0 radical (unpaired) electrons. The zero-order valence-corrected chi connectivity index (χ0v) is 10.4. The molecule has 104 valence electrons. The van der Waals surface area contributed by atoms with E-state index in [-0.39, 0.29) is 16.8 Å². The Labute approximate surface area is 117 Å². The smallest absolute Gasteiger partial charge is 0.268 e. The number of hydrogen-bond acceptors (Lipinski definition) is 4. The molecular formula is C14H7FN2O4. The number of benzene rings is 2. The highest BCUT2D eigenvalue weighted by Gasteiger charge is 2.37. The third-order valence-electron chi connectivity index (χ3n) is 3.18. The minimum Gasteiger partial charge on any atom is -0.268 e. The predicted octanol–water partition coefficient (Wildman–Crippen LogP) is 2.53. The van der Waals surface area contributed by atoms with Gasteiger partial charge in [-0.3, -0.25) is 19.7 Å². The van der Waals surface area contributed by atoms with Gasteiger partial charge in [-0.15, -0.1) is 0 Å². The molecule has 6 nitrogen and oxygen atoms in total. The zero-order chi connectivity index (χ0) is 15.1. The van der Waals surface area contributed by atoms with E-state index in [1.807, 2.05) is 0 Å². The molecule has 0 spiro atoms. The van der Waals surface area contributed by atoms with Crippen molar-refractivity contribution in [2.24, 2.45) is 0 Å². The fourth-order valence-electron chi connectivity index (χ4n) is 2.20. The lowest BCUT2D eigenvalue weighted by molar-refractivity contribution is -0.387. The summed E-state index contributed by atoms with van der Waals surface area (Å²) in [4.78, 5) is 35.1. The molecule has 2 amide bonds. The second kappa shape index (κ2) is 4.48. The number of fused-ring (bicyclic) bond motifs is 1. The molecule has 1 aliphatic heterocycles. The molecule has 7 heteroatoms.